The third-order valence-corrected chi connectivity index (χ3v) is 3.86. The number of hydrogen-bond acceptors (Lipinski definition) is 5. The molecule has 5 heteroatoms. The molecule has 0 radical (unpaired) electrons. The van der Waals surface area contributed by atoms with Gasteiger partial charge in [0.25, 0.3) is 0 Å². The first-order valence-electron chi connectivity index (χ1n) is 7.86. The molecule has 0 unspecified atom stereocenters. The predicted octanol–water partition coefficient (Wildman–Crippen LogP) is 4.03. The first kappa shape index (κ1) is 15.8. The number of para-hydroxylation sites is 1. The second kappa shape index (κ2) is 7.00. The van der Waals surface area contributed by atoms with E-state index in [0.29, 0.717) is 23.9 Å². The summed E-state index contributed by atoms with van der Waals surface area (Å²) in [7, 11) is 0. The van der Waals surface area contributed by atoms with E-state index in [4.69, 9.17) is 5.73 Å². The van der Waals surface area contributed by atoms with Gasteiger partial charge in [-0.1, -0.05) is 48.0 Å². The Kier molecular flexibility index (Phi) is 4.61. The fourth-order valence-corrected chi connectivity index (χ4v) is 2.37. The van der Waals surface area contributed by atoms with Gasteiger partial charge in [-0.05, 0) is 31.0 Å². The number of benzene rings is 2. The Morgan fingerprint density at radius 1 is 0.917 bits per heavy atom. The van der Waals surface area contributed by atoms with Crippen molar-refractivity contribution in [2.45, 2.75) is 20.4 Å². The van der Waals surface area contributed by atoms with Crippen LogP contribution in [0.4, 0.5) is 23.0 Å². The lowest BCUT2D eigenvalue weighted by atomic mass is 10.1. The molecule has 0 aliphatic heterocycles. The normalized spacial score (nSPS) is 10.4. The summed E-state index contributed by atoms with van der Waals surface area (Å²) in [6.07, 6.45) is 1.51. The summed E-state index contributed by atoms with van der Waals surface area (Å²) in [5, 5.41) is 6.54. The van der Waals surface area contributed by atoms with Gasteiger partial charge >= 0.3 is 0 Å². The number of nitrogens with zero attached hydrogens (tertiary/aromatic N) is 2. The summed E-state index contributed by atoms with van der Waals surface area (Å²) in [5.74, 6) is 1.23. The van der Waals surface area contributed by atoms with Crippen molar-refractivity contribution in [3.63, 3.8) is 0 Å². The molecule has 0 spiro atoms. The van der Waals surface area contributed by atoms with Crippen molar-refractivity contribution in [1.82, 2.24) is 9.97 Å². The third-order valence-electron chi connectivity index (χ3n) is 3.86. The van der Waals surface area contributed by atoms with Crippen LogP contribution in [-0.2, 0) is 6.54 Å². The van der Waals surface area contributed by atoms with Crippen LogP contribution >= 0.6 is 0 Å². The molecule has 0 amide bonds. The lowest BCUT2D eigenvalue weighted by Gasteiger charge is -2.13. The maximum Gasteiger partial charge on any atom is 0.159 e. The van der Waals surface area contributed by atoms with Gasteiger partial charge < -0.3 is 16.4 Å². The molecule has 0 fully saturated rings. The van der Waals surface area contributed by atoms with Crippen LogP contribution in [0.5, 0.6) is 0 Å². The Hall–Kier alpha value is -3.08. The van der Waals surface area contributed by atoms with E-state index in [-0.39, 0.29) is 0 Å². The lowest BCUT2D eigenvalue weighted by Crippen LogP contribution is -2.08. The van der Waals surface area contributed by atoms with Gasteiger partial charge in [-0.25, -0.2) is 9.97 Å². The standard InChI is InChI=1S/C19H21N5/c1-13-7-9-15(10-8-13)11-21-18-17(20)19(23-12-22-18)24-16-6-4-3-5-14(16)2/h3-10,12H,11,20H2,1-2H3,(H2,21,22,23,24). The predicted molar refractivity (Wildman–Crippen MR) is 99.4 cm³/mol. The summed E-state index contributed by atoms with van der Waals surface area (Å²) in [4.78, 5) is 8.50. The van der Waals surface area contributed by atoms with Crippen molar-refractivity contribution < 1.29 is 0 Å². The maximum atomic E-state index is 6.22. The Morgan fingerprint density at radius 2 is 1.62 bits per heavy atom. The fraction of sp³-hybridized carbons (Fsp3) is 0.158. The van der Waals surface area contributed by atoms with Crippen molar-refractivity contribution in [3.8, 4) is 0 Å². The maximum absolute atomic E-state index is 6.22. The second-order valence-corrected chi connectivity index (χ2v) is 5.76. The Morgan fingerprint density at radius 3 is 2.38 bits per heavy atom. The first-order valence-corrected chi connectivity index (χ1v) is 7.86. The molecule has 1 heterocycles. The smallest absolute Gasteiger partial charge is 0.159 e. The van der Waals surface area contributed by atoms with E-state index in [0.717, 1.165) is 11.3 Å². The molecule has 3 aromatic rings. The topological polar surface area (TPSA) is 75.9 Å². The van der Waals surface area contributed by atoms with Crippen LogP contribution in [0.15, 0.2) is 54.9 Å². The molecule has 2 aromatic carbocycles. The molecule has 4 N–H and O–H groups in total. The van der Waals surface area contributed by atoms with Crippen molar-refractivity contribution in [3.05, 3.63) is 71.5 Å². The molecule has 0 aliphatic carbocycles. The quantitative estimate of drug-likeness (QED) is 0.662. The van der Waals surface area contributed by atoms with E-state index in [2.05, 4.69) is 51.8 Å². The number of aromatic nitrogens is 2. The number of nitrogens with two attached hydrogens (primary N) is 1. The summed E-state index contributed by atoms with van der Waals surface area (Å²) >= 11 is 0. The average molecular weight is 319 g/mol. The Labute approximate surface area is 142 Å². The largest absolute Gasteiger partial charge is 0.393 e. The molecule has 0 saturated carbocycles. The minimum absolute atomic E-state index is 0.507. The van der Waals surface area contributed by atoms with Crippen molar-refractivity contribution in [2.75, 3.05) is 16.4 Å². The SMILES string of the molecule is Cc1ccc(CNc2ncnc(Nc3ccccc3C)c2N)cc1. The van der Waals surface area contributed by atoms with Gasteiger partial charge in [-0.3, -0.25) is 0 Å². The van der Waals surface area contributed by atoms with E-state index in [9.17, 15) is 0 Å². The zero-order chi connectivity index (χ0) is 16.9. The number of aryl methyl sites for hydroxylation is 2. The van der Waals surface area contributed by atoms with Crippen molar-refractivity contribution >= 4 is 23.0 Å². The number of rotatable bonds is 5. The van der Waals surface area contributed by atoms with E-state index in [1.54, 1.807) is 0 Å². The van der Waals surface area contributed by atoms with E-state index >= 15 is 0 Å². The van der Waals surface area contributed by atoms with Crippen LogP contribution in [0.3, 0.4) is 0 Å². The lowest BCUT2D eigenvalue weighted by molar-refractivity contribution is 1.08. The molecule has 3 rings (SSSR count). The van der Waals surface area contributed by atoms with Gasteiger partial charge in [0.15, 0.2) is 11.6 Å². The van der Waals surface area contributed by atoms with E-state index in [1.807, 2.05) is 31.2 Å². The molecule has 0 saturated heterocycles. The summed E-state index contributed by atoms with van der Waals surface area (Å²) in [5.41, 5.74) is 11.2. The highest BCUT2D eigenvalue weighted by molar-refractivity contribution is 5.78. The minimum Gasteiger partial charge on any atom is -0.393 e. The van der Waals surface area contributed by atoms with Gasteiger partial charge in [0.1, 0.15) is 12.0 Å². The Bertz CT molecular complexity index is 827. The highest BCUT2D eigenvalue weighted by atomic mass is 15.1. The molecule has 122 valence electrons. The summed E-state index contributed by atoms with van der Waals surface area (Å²) < 4.78 is 0. The van der Waals surface area contributed by atoms with Gasteiger partial charge in [0, 0.05) is 12.2 Å². The highest BCUT2D eigenvalue weighted by Crippen LogP contribution is 2.27. The summed E-state index contributed by atoms with van der Waals surface area (Å²) in [6.45, 7) is 4.77. The molecule has 0 aliphatic rings. The summed E-state index contributed by atoms with van der Waals surface area (Å²) in [6, 6.07) is 16.4. The van der Waals surface area contributed by atoms with Crippen LogP contribution in [0, 0.1) is 13.8 Å². The average Bonchev–Trinajstić information content (AvgIpc) is 2.59. The molecule has 0 bridgehead atoms. The zero-order valence-corrected chi connectivity index (χ0v) is 13.9. The number of nitrogens with one attached hydrogen (secondary N) is 2. The molecule has 5 nitrogen and oxygen atoms in total. The van der Waals surface area contributed by atoms with E-state index in [1.165, 1.54) is 17.5 Å². The number of hydrogen-bond donors (Lipinski definition) is 3. The van der Waals surface area contributed by atoms with Crippen molar-refractivity contribution in [1.29, 1.82) is 0 Å². The van der Waals surface area contributed by atoms with Gasteiger partial charge in [-0.2, -0.15) is 0 Å². The van der Waals surface area contributed by atoms with Gasteiger partial charge in [0.05, 0.1) is 0 Å². The van der Waals surface area contributed by atoms with Crippen molar-refractivity contribution in [2.24, 2.45) is 0 Å². The first-order chi connectivity index (χ1) is 11.6. The minimum atomic E-state index is 0.507. The van der Waals surface area contributed by atoms with Crippen LogP contribution in [0.1, 0.15) is 16.7 Å². The second-order valence-electron chi connectivity index (χ2n) is 5.76. The van der Waals surface area contributed by atoms with E-state index < -0.39 is 0 Å². The van der Waals surface area contributed by atoms with Crippen LogP contribution in [0.2, 0.25) is 0 Å². The molecule has 24 heavy (non-hydrogen) atoms. The number of nitrogen functional groups attached to an aromatic ring is 1. The van der Waals surface area contributed by atoms with Crippen LogP contribution in [0.25, 0.3) is 0 Å². The molecular formula is C19H21N5. The molecule has 1 aromatic heterocycles. The third kappa shape index (κ3) is 3.63. The monoisotopic (exact) mass is 319 g/mol. The molecule has 0 atom stereocenters. The fourth-order valence-electron chi connectivity index (χ4n) is 2.37. The number of anilines is 4. The van der Waals surface area contributed by atoms with Gasteiger partial charge in [0.2, 0.25) is 0 Å². The Balaban J connectivity index is 1.75. The molecular weight excluding hydrogens is 298 g/mol. The van der Waals surface area contributed by atoms with Crippen LogP contribution in [-0.4, -0.2) is 9.97 Å². The zero-order valence-electron chi connectivity index (χ0n) is 13.9. The highest BCUT2D eigenvalue weighted by Gasteiger charge is 2.09. The van der Waals surface area contributed by atoms with Gasteiger partial charge in [-0.15, -0.1) is 0 Å². The van der Waals surface area contributed by atoms with Crippen LogP contribution < -0.4 is 16.4 Å².